The van der Waals surface area contributed by atoms with E-state index in [0.717, 1.165) is 94.4 Å². The number of hydrogen-bond acceptors (Lipinski definition) is 6. The molecule has 2 N–H and O–H groups in total. The quantitative estimate of drug-likeness (QED) is 0.359. The summed E-state index contributed by atoms with van der Waals surface area (Å²) in [6, 6.07) is 7.55. The highest BCUT2D eigenvalue weighted by molar-refractivity contribution is 7.87. The summed E-state index contributed by atoms with van der Waals surface area (Å²) in [5.41, 5.74) is 6.59. The first-order valence-corrected chi connectivity index (χ1v) is 20.7. The van der Waals surface area contributed by atoms with Crippen molar-refractivity contribution < 1.29 is 22.7 Å². The number of hydrogen-bond donors (Lipinski definition) is 2. The maximum Gasteiger partial charge on any atom is 0.303 e. The molecule has 51 heavy (non-hydrogen) atoms. The summed E-state index contributed by atoms with van der Waals surface area (Å²) in [6.07, 6.45) is 17.6. The highest BCUT2D eigenvalue weighted by atomic mass is 32.2. The third kappa shape index (κ3) is 5.69. The monoisotopic (exact) mass is 713 g/mol. The van der Waals surface area contributed by atoms with E-state index in [1.807, 2.05) is 0 Å². The van der Waals surface area contributed by atoms with Gasteiger partial charge in [-0.25, -0.2) is 4.72 Å². The van der Waals surface area contributed by atoms with E-state index in [9.17, 15) is 13.2 Å². The van der Waals surface area contributed by atoms with Crippen LogP contribution in [0.4, 0.5) is 0 Å². The molecule has 2 amide bonds. The maximum absolute atomic E-state index is 15.1. The molecule has 272 valence electrons. The van der Waals surface area contributed by atoms with Crippen LogP contribution >= 0.6 is 0 Å². The Hall–Kier alpha value is -3.41. The molecule has 11 heteroatoms. The van der Waals surface area contributed by atoms with Crippen LogP contribution in [0.25, 0.3) is 10.9 Å². The fourth-order valence-electron chi connectivity index (χ4n) is 10.3. The normalized spacial score (nSPS) is 28.9. The lowest BCUT2D eigenvalue weighted by Crippen LogP contribution is -2.54. The number of nitrogens with zero attached hydrogens (tertiary/aromatic N) is 3. The van der Waals surface area contributed by atoms with Crippen molar-refractivity contribution in [3.05, 3.63) is 63.9 Å². The first-order chi connectivity index (χ1) is 24.6. The van der Waals surface area contributed by atoms with Crippen molar-refractivity contribution in [1.29, 1.82) is 0 Å². The average molecular weight is 714 g/mol. The molecule has 7 aliphatic rings. The standard InChI is InChI=1S/C40H51N5O5S/c1-43(2)51(48,49)42-39(46)37-32-22-44-33(20-31-34(50-3)17-16-28(38(31)44)24-8-5-4-6-9-24)35-29(36(32)37)10-7-11-30(35)40(47)45-26-14-15-27(45)19-25(18-26)41-21-23-12-13-23/h7,10,16-17,20,23-27,30,35,41H,4-6,8-9,11-15,18-19,21-22H2,1-3H3,(H,42,46)/t25?,26?,27?,30-,35-/m1/s1. The number of allylic oxidation sites excluding steroid dienone is 4. The van der Waals surface area contributed by atoms with E-state index in [0.29, 0.717) is 30.5 Å². The Kier molecular flexibility index (Phi) is 8.27. The fraction of sp³-hybridized carbons (Fsp3) is 0.600. The summed E-state index contributed by atoms with van der Waals surface area (Å²) < 4.78 is 37.2. The number of rotatable bonds is 9. The number of fused-ring (bicyclic) bond motifs is 8. The highest BCUT2D eigenvalue weighted by Crippen LogP contribution is 2.56. The Bertz CT molecular complexity index is 1980. The molecule has 2 aromatic rings. The van der Waals surface area contributed by atoms with Crippen molar-refractivity contribution in [2.45, 2.75) is 114 Å². The van der Waals surface area contributed by atoms with Crippen LogP contribution in [0.5, 0.6) is 5.75 Å². The largest absolute Gasteiger partial charge is 0.496 e. The van der Waals surface area contributed by atoms with Gasteiger partial charge in [0.2, 0.25) is 5.91 Å². The molecular weight excluding hydrogens is 663 g/mol. The van der Waals surface area contributed by atoms with Crippen LogP contribution in [0.2, 0.25) is 0 Å². The summed E-state index contributed by atoms with van der Waals surface area (Å²) in [5.74, 6) is 1.09. The van der Waals surface area contributed by atoms with E-state index in [4.69, 9.17) is 4.74 Å². The summed E-state index contributed by atoms with van der Waals surface area (Å²) in [7, 11) is 0.554. The Labute approximate surface area is 301 Å². The SMILES string of the molecule is COc1ccc(C2CCCCC2)c2c1cc1n2CC2=C(C(=O)NS(=O)(=O)N(C)C)C2=C2C=CC[C@@H](C(=O)N3C4CCC3CC(NCC3CC3)C4)[C@@H]21. The molecular formula is C40H51N5O5S. The average Bonchev–Trinajstić information content (AvgIpc) is 4.03. The van der Waals surface area contributed by atoms with Crippen LogP contribution in [0.1, 0.15) is 100 Å². The zero-order valence-electron chi connectivity index (χ0n) is 30.1. The van der Waals surface area contributed by atoms with E-state index >= 15 is 4.79 Å². The topological polar surface area (TPSA) is 113 Å². The van der Waals surface area contributed by atoms with Gasteiger partial charge in [-0.2, -0.15) is 12.7 Å². The van der Waals surface area contributed by atoms with Gasteiger partial charge in [0.15, 0.2) is 0 Å². The van der Waals surface area contributed by atoms with Gasteiger partial charge in [0.25, 0.3) is 5.91 Å². The maximum atomic E-state index is 15.1. The van der Waals surface area contributed by atoms with Gasteiger partial charge in [0, 0.05) is 55.8 Å². The first-order valence-electron chi connectivity index (χ1n) is 19.3. The zero-order valence-corrected chi connectivity index (χ0v) is 30.9. The van der Waals surface area contributed by atoms with Crippen LogP contribution < -0.4 is 14.8 Å². The fourth-order valence-corrected chi connectivity index (χ4v) is 10.8. The number of carbonyl (C=O) groups is 2. The van der Waals surface area contributed by atoms with Crippen molar-refractivity contribution in [2.24, 2.45) is 11.8 Å². The van der Waals surface area contributed by atoms with E-state index in [2.05, 4.69) is 49.9 Å². The molecule has 4 atom stereocenters. The molecule has 1 aromatic carbocycles. The molecule has 0 spiro atoms. The molecule has 10 nitrogen and oxygen atoms in total. The Morgan fingerprint density at radius 1 is 1.00 bits per heavy atom. The molecule has 4 aliphatic carbocycles. The second-order valence-electron chi connectivity index (χ2n) is 16.4. The minimum atomic E-state index is -3.98. The second-order valence-corrected chi connectivity index (χ2v) is 18.3. The van der Waals surface area contributed by atoms with Gasteiger partial charge >= 0.3 is 10.2 Å². The third-order valence-corrected chi connectivity index (χ3v) is 14.5. The first kappa shape index (κ1) is 33.4. The summed E-state index contributed by atoms with van der Waals surface area (Å²) in [4.78, 5) is 31.1. The molecule has 2 unspecified atom stereocenters. The number of amides is 2. The Morgan fingerprint density at radius 2 is 1.75 bits per heavy atom. The molecule has 2 bridgehead atoms. The van der Waals surface area contributed by atoms with Gasteiger partial charge in [0.1, 0.15) is 5.75 Å². The van der Waals surface area contributed by atoms with Crippen molar-refractivity contribution in [3.63, 3.8) is 0 Å². The minimum absolute atomic E-state index is 0.220. The molecule has 1 aromatic heterocycles. The molecule has 4 fully saturated rings. The highest BCUT2D eigenvalue weighted by Gasteiger charge is 2.51. The summed E-state index contributed by atoms with van der Waals surface area (Å²) >= 11 is 0. The van der Waals surface area contributed by atoms with E-state index in [1.165, 1.54) is 51.8 Å². The number of aromatic nitrogens is 1. The summed E-state index contributed by atoms with van der Waals surface area (Å²) in [6.45, 7) is 1.55. The number of nitrogens with one attached hydrogen (secondary N) is 2. The third-order valence-electron chi connectivity index (χ3n) is 13.1. The van der Waals surface area contributed by atoms with Gasteiger partial charge in [-0.3, -0.25) is 9.59 Å². The number of carbonyl (C=O) groups excluding carboxylic acids is 2. The van der Waals surface area contributed by atoms with E-state index < -0.39 is 16.1 Å². The summed E-state index contributed by atoms with van der Waals surface area (Å²) in [5, 5.41) is 4.88. The number of ether oxygens (including phenoxy) is 1. The van der Waals surface area contributed by atoms with Crippen LogP contribution in [-0.4, -0.2) is 79.9 Å². The van der Waals surface area contributed by atoms with Crippen LogP contribution in [-0.2, 0) is 26.3 Å². The lowest BCUT2D eigenvalue weighted by Gasteiger charge is -2.43. The molecule has 2 saturated carbocycles. The van der Waals surface area contributed by atoms with Gasteiger partial charge < -0.3 is 19.5 Å². The molecule has 4 heterocycles. The van der Waals surface area contributed by atoms with Gasteiger partial charge in [-0.1, -0.05) is 37.5 Å². The predicted octanol–water partition coefficient (Wildman–Crippen LogP) is 5.42. The second kappa shape index (κ2) is 12.6. The van der Waals surface area contributed by atoms with Crippen LogP contribution in [0, 0.1) is 11.8 Å². The molecule has 9 rings (SSSR count). The van der Waals surface area contributed by atoms with Crippen molar-refractivity contribution in [1.82, 2.24) is 23.8 Å². The number of methoxy groups -OCH3 is 1. The van der Waals surface area contributed by atoms with Crippen molar-refractivity contribution >= 4 is 32.9 Å². The van der Waals surface area contributed by atoms with Crippen LogP contribution in [0.15, 0.2) is 52.6 Å². The Morgan fingerprint density at radius 3 is 2.43 bits per heavy atom. The number of piperidine rings is 1. The number of benzene rings is 1. The minimum Gasteiger partial charge on any atom is -0.496 e. The van der Waals surface area contributed by atoms with Gasteiger partial charge in [-0.15, -0.1) is 0 Å². The lowest BCUT2D eigenvalue weighted by atomic mass is 9.75. The molecule has 2 saturated heterocycles. The van der Waals surface area contributed by atoms with Gasteiger partial charge in [0.05, 0.1) is 24.1 Å². The smallest absolute Gasteiger partial charge is 0.303 e. The zero-order chi connectivity index (χ0) is 35.2. The predicted molar refractivity (Wildman–Crippen MR) is 197 cm³/mol. The molecule has 0 radical (unpaired) electrons. The van der Waals surface area contributed by atoms with E-state index in [-0.39, 0.29) is 29.8 Å². The Balaban J connectivity index is 1.14. The van der Waals surface area contributed by atoms with Crippen molar-refractivity contribution in [3.8, 4) is 5.75 Å². The van der Waals surface area contributed by atoms with Gasteiger partial charge in [-0.05, 0) is 111 Å². The molecule has 3 aliphatic heterocycles. The lowest BCUT2D eigenvalue weighted by molar-refractivity contribution is -0.141. The van der Waals surface area contributed by atoms with E-state index in [1.54, 1.807) is 7.11 Å². The van der Waals surface area contributed by atoms with Crippen LogP contribution in [0.3, 0.4) is 0 Å². The van der Waals surface area contributed by atoms with Crippen molar-refractivity contribution in [2.75, 3.05) is 27.7 Å².